The molecule has 3 rings (SSSR count). The fourth-order valence-corrected chi connectivity index (χ4v) is 2.74. The van der Waals surface area contributed by atoms with E-state index in [-0.39, 0.29) is 5.75 Å². The number of H-pyrrole nitrogens is 1. The van der Waals surface area contributed by atoms with Crippen molar-refractivity contribution in [3.8, 4) is 11.5 Å². The molecule has 0 saturated heterocycles. The van der Waals surface area contributed by atoms with Gasteiger partial charge in [-0.3, -0.25) is 0 Å². The molecule has 0 aliphatic rings. The molecule has 0 spiro atoms. The van der Waals surface area contributed by atoms with Crippen LogP contribution in [0.5, 0.6) is 11.5 Å². The molecule has 0 radical (unpaired) electrons. The molecular weight excluding hydrogens is 332 g/mol. The SMILES string of the molecule is COc1cc(CNc2ccc3[nH]ccc3c2)cc(Br)c1O. The number of fused-ring (bicyclic) bond motifs is 1. The normalized spacial score (nSPS) is 10.8. The Kier molecular flexibility index (Phi) is 3.75. The molecule has 0 bridgehead atoms. The number of nitrogens with one attached hydrogen (secondary N) is 2. The van der Waals surface area contributed by atoms with Crippen molar-refractivity contribution in [2.45, 2.75) is 6.54 Å². The zero-order valence-electron chi connectivity index (χ0n) is 11.5. The molecule has 0 unspecified atom stereocenters. The molecule has 108 valence electrons. The quantitative estimate of drug-likeness (QED) is 0.661. The number of phenolic OH excluding ortho intramolecular Hbond substituents is 1. The number of halogens is 1. The predicted molar refractivity (Wildman–Crippen MR) is 88.0 cm³/mol. The first-order valence-corrected chi connectivity index (χ1v) is 7.33. The van der Waals surface area contributed by atoms with Crippen LogP contribution in [0.3, 0.4) is 0 Å². The molecular formula is C16H15BrN2O2. The summed E-state index contributed by atoms with van der Waals surface area (Å²) >= 11 is 3.33. The molecule has 2 aromatic carbocycles. The van der Waals surface area contributed by atoms with E-state index in [9.17, 15) is 5.11 Å². The van der Waals surface area contributed by atoms with Crippen molar-refractivity contribution in [3.05, 3.63) is 52.6 Å². The minimum Gasteiger partial charge on any atom is -0.503 e. The number of rotatable bonds is 4. The Labute approximate surface area is 130 Å². The van der Waals surface area contributed by atoms with Crippen molar-refractivity contribution in [2.75, 3.05) is 12.4 Å². The molecule has 0 atom stereocenters. The molecule has 0 aliphatic heterocycles. The number of aromatic nitrogens is 1. The minimum atomic E-state index is 0.120. The van der Waals surface area contributed by atoms with Crippen LogP contribution in [0.4, 0.5) is 5.69 Å². The average Bonchev–Trinajstić information content (AvgIpc) is 2.95. The van der Waals surface area contributed by atoms with Crippen LogP contribution >= 0.6 is 15.9 Å². The fourth-order valence-electron chi connectivity index (χ4n) is 2.25. The Hall–Kier alpha value is -2.14. The van der Waals surface area contributed by atoms with Gasteiger partial charge in [-0.05, 0) is 57.9 Å². The molecule has 0 saturated carbocycles. The summed E-state index contributed by atoms with van der Waals surface area (Å²) < 4.78 is 5.78. The number of hydrogen-bond donors (Lipinski definition) is 3. The molecule has 1 aromatic heterocycles. The molecule has 5 heteroatoms. The van der Waals surface area contributed by atoms with Gasteiger partial charge >= 0.3 is 0 Å². The van der Waals surface area contributed by atoms with E-state index in [1.807, 2.05) is 36.5 Å². The number of phenols is 1. The van der Waals surface area contributed by atoms with Crippen molar-refractivity contribution in [1.29, 1.82) is 0 Å². The maximum absolute atomic E-state index is 9.81. The first kappa shape index (κ1) is 13.8. The standard InChI is InChI=1S/C16H15BrN2O2/c1-21-15-7-10(6-13(17)16(15)20)9-19-12-2-3-14-11(8-12)4-5-18-14/h2-8,18-20H,9H2,1H3. The topological polar surface area (TPSA) is 57.3 Å². The second-order valence-electron chi connectivity index (χ2n) is 4.76. The summed E-state index contributed by atoms with van der Waals surface area (Å²) in [6.45, 7) is 0.644. The Balaban J connectivity index is 1.79. The van der Waals surface area contributed by atoms with Gasteiger partial charge in [0.2, 0.25) is 0 Å². The lowest BCUT2D eigenvalue weighted by molar-refractivity contribution is 0.371. The number of hydrogen-bond acceptors (Lipinski definition) is 3. The first-order chi connectivity index (χ1) is 10.2. The third kappa shape index (κ3) is 2.83. The van der Waals surface area contributed by atoms with E-state index < -0.39 is 0 Å². The third-order valence-corrected chi connectivity index (χ3v) is 3.96. The highest BCUT2D eigenvalue weighted by Crippen LogP contribution is 2.35. The van der Waals surface area contributed by atoms with E-state index in [0.29, 0.717) is 16.8 Å². The van der Waals surface area contributed by atoms with Crippen LogP contribution in [0, 0.1) is 0 Å². The molecule has 0 fully saturated rings. The molecule has 3 N–H and O–H groups in total. The van der Waals surface area contributed by atoms with Crippen LogP contribution in [0.15, 0.2) is 47.1 Å². The summed E-state index contributed by atoms with van der Waals surface area (Å²) in [6.07, 6.45) is 1.93. The van der Waals surface area contributed by atoms with Gasteiger partial charge in [0.15, 0.2) is 11.5 Å². The number of benzene rings is 2. The minimum absolute atomic E-state index is 0.120. The van der Waals surface area contributed by atoms with Gasteiger partial charge in [-0.25, -0.2) is 0 Å². The Morgan fingerprint density at radius 2 is 2.10 bits per heavy atom. The largest absolute Gasteiger partial charge is 0.503 e. The molecule has 3 aromatic rings. The predicted octanol–water partition coefficient (Wildman–Crippen LogP) is 4.26. The van der Waals surface area contributed by atoms with Crippen molar-refractivity contribution >= 4 is 32.5 Å². The number of aromatic hydroxyl groups is 1. The zero-order valence-corrected chi connectivity index (χ0v) is 13.1. The third-order valence-electron chi connectivity index (χ3n) is 3.36. The van der Waals surface area contributed by atoms with Gasteiger partial charge in [-0.1, -0.05) is 0 Å². The highest BCUT2D eigenvalue weighted by atomic mass is 79.9. The highest BCUT2D eigenvalue weighted by Gasteiger charge is 2.08. The van der Waals surface area contributed by atoms with Gasteiger partial charge < -0.3 is 20.1 Å². The summed E-state index contributed by atoms with van der Waals surface area (Å²) in [7, 11) is 1.54. The van der Waals surface area contributed by atoms with E-state index >= 15 is 0 Å². The lowest BCUT2D eigenvalue weighted by Crippen LogP contribution is -2.00. The summed E-state index contributed by atoms with van der Waals surface area (Å²) in [5.41, 5.74) is 3.19. The van der Waals surface area contributed by atoms with Gasteiger partial charge in [0.1, 0.15) is 0 Å². The van der Waals surface area contributed by atoms with Gasteiger partial charge in [0, 0.05) is 29.3 Å². The van der Waals surface area contributed by atoms with Crippen molar-refractivity contribution in [3.63, 3.8) is 0 Å². The monoisotopic (exact) mass is 346 g/mol. The molecule has 21 heavy (non-hydrogen) atoms. The lowest BCUT2D eigenvalue weighted by Gasteiger charge is -2.11. The van der Waals surface area contributed by atoms with Crippen molar-refractivity contribution in [2.24, 2.45) is 0 Å². The van der Waals surface area contributed by atoms with Crippen LogP contribution in [0.2, 0.25) is 0 Å². The lowest BCUT2D eigenvalue weighted by atomic mass is 10.2. The van der Waals surface area contributed by atoms with Crippen LogP contribution in [0.1, 0.15) is 5.56 Å². The van der Waals surface area contributed by atoms with Crippen LogP contribution in [0.25, 0.3) is 10.9 Å². The summed E-state index contributed by atoms with van der Waals surface area (Å²) in [5.74, 6) is 0.581. The number of anilines is 1. The summed E-state index contributed by atoms with van der Waals surface area (Å²) in [5, 5.41) is 14.3. The van der Waals surface area contributed by atoms with Gasteiger partial charge in [0.05, 0.1) is 11.6 Å². The maximum atomic E-state index is 9.81. The molecule has 4 nitrogen and oxygen atoms in total. The van der Waals surface area contributed by atoms with E-state index in [1.54, 1.807) is 7.11 Å². The second-order valence-corrected chi connectivity index (χ2v) is 5.62. The van der Waals surface area contributed by atoms with Gasteiger partial charge in [-0.2, -0.15) is 0 Å². The molecule has 1 heterocycles. The molecule has 0 amide bonds. The van der Waals surface area contributed by atoms with Crippen LogP contribution in [-0.4, -0.2) is 17.2 Å². The van der Waals surface area contributed by atoms with Crippen LogP contribution in [-0.2, 0) is 6.54 Å². The van der Waals surface area contributed by atoms with E-state index in [1.165, 1.54) is 5.39 Å². The second kappa shape index (κ2) is 5.69. The average molecular weight is 347 g/mol. The number of ether oxygens (including phenoxy) is 1. The Morgan fingerprint density at radius 1 is 1.24 bits per heavy atom. The van der Waals surface area contributed by atoms with E-state index in [2.05, 4.69) is 32.3 Å². The Bertz CT molecular complexity index is 783. The summed E-state index contributed by atoms with van der Waals surface area (Å²) in [4.78, 5) is 3.17. The van der Waals surface area contributed by atoms with Crippen LogP contribution < -0.4 is 10.1 Å². The van der Waals surface area contributed by atoms with Gasteiger partial charge in [0.25, 0.3) is 0 Å². The van der Waals surface area contributed by atoms with E-state index in [0.717, 1.165) is 16.8 Å². The van der Waals surface area contributed by atoms with Crippen molar-refractivity contribution < 1.29 is 9.84 Å². The smallest absolute Gasteiger partial charge is 0.172 e. The number of aromatic amines is 1. The van der Waals surface area contributed by atoms with Crippen molar-refractivity contribution in [1.82, 2.24) is 4.98 Å². The summed E-state index contributed by atoms with van der Waals surface area (Å²) in [6, 6.07) is 11.9. The Morgan fingerprint density at radius 3 is 2.90 bits per heavy atom. The van der Waals surface area contributed by atoms with Gasteiger partial charge in [-0.15, -0.1) is 0 Å². The zero-order chi connectivity index (χ0) is 14.8. The van der Waals surface area contributed by atoms with E-state index in [4.69, 9.17) is 4.74 Å². The first-order valence-electron chi connectivity index (χ1n) is 6.54. The number of methoxy groups -OCH3 is 1. The highest BCUT2D eigenvalue weighted by molar-refractivity contribution is 9.10. The maximum Gasteiger partial charge on any atom is 0.172 e. The molecule has 0 aliphatic carbocycles. The fraction of sp³-hybridized carbons (Fsp3) is 0.125.